The third-order valence-electron chi connectivity index (χ3n) is 4.13. The lowest BCUT2D eigenvalue weighted by Gasteiger charge is -2.23. The predicted octanol–water partition coefficient (Wildman–Crippen LogP) is 3.58. The fraction of sp³-hybridized carbons (Fsp3) is 0.375. The van der Waals surface area contributed by atoms with Crippen molar-refractivity contribution in [1.82, 2.24) is 20.3 Å². The van der Waals surface area contributed by atoms with E-state index in [1.165, 1.54) is 24.1 Å². The first-order valence-corrected chi connectivity index (χ1v) is 9.65. The first-order chi connectivity index (χ1) is 11.8. The minimum Gasteiger partial charge on any atom is -0.314 e. The average Bonchev–Trinajstić information content (AvgIpc) is 3.13. The fourth-order valence-electron chi connectivity index (χ4n) is 2.65. The van der Waals surface area contributed by atoms with Crippen LogP contribution in [0, 0.1) is 0 Å². The van der Waals surface area contributed by atoms with Gasteiger partial charge in [0.1, 0.15) is 16.2 Å². The highest BCUT2D eigenvalue weighted by molar-refractivity contribution is 7.18. The van der Waals surface area contributed by atoms with Crippen LogP contribution < -0.4 is 10.7 Å². The molecule has 3 aromatic heterocycles. The summed E-state index contributed by atoms with van der Waals surface area (Å²) in [6.07, 6.45) is 7.25. The summed E-state index contributed by atoms with van der Waals surface area (Å²) in [5.41, 5.74) is 4.07. The van der Waals surface area contributed by atoms with Gasteiger partial charge >= 0.3 is 0 Å². The second-order valence-electron chi connectivity index (χ2n) is 5.80. The van der Waals surface area contributed by atoms with Crippen LogP contribution in [0.15, 0.2) is 22.9 Å². The van der Waals surface area contributed by atoms with Gasteiger partial charge in [0.2, 0.25) is 0 Å². The van der Waals surface area contributed by atoms with Crippen molar-refractivity contribution in [2.24, 2.45) is 5.10 Å². The molecule has 6 nitrogen and oxygen atoms in total. The summed E-state index contributed by atoms with van der Waals surface area (Å²) in [7, 11) is 1.91. The molecule has 2 N–H and O–H groups in total. The monoisotopic (exact) mass is 358 g/mol. The molecule has 0 amide bonds. The summed E-state index contributed by atoms with van der Waals surface area (Å²) in [5, 5.41) is 11.3. The molecule has 1 aliphatic carbocycles. The Morgan fingerprint density at radius 1 is 1.38 bits per heavy atom. The van der Waals surface area contributed by atoms with E-state index in [1.54, 1.807) is 35.2 Å². The first-order valence-electron chi connectivity index (χ1n) is 7.96. The first kappa shape index (κ1) is 15.6. The third kappa shape index (κ3) is 3.17. The molecule has 24 heavy (non-hydrogen) atoms. The lowest BCUT2D eigenvalue weighted by molar-refractivity contribution is 0.426. The van der Waals surface area contributed by atoms with E-state index in [-0.39, 0.29) is 0 Å². The maximum Gasteiger partial charge on any atom is 0.158 e. The molecule has 0 aromatic carbocycles. The second-order valence-corrected chi connectivity index (χ2v) is 7.75. The zero-order valence-electron chi connectivity index (χ0n) is 13.3. The number of aromatic nitrogens is 3. The number of thiophene rings is 1. The van der Waals surface area contributed by atoms with Gasteiger partial charge in [-0.05, 0) is 31.9 Å². The van der Waals surface area contributed by atoms with Crippen molar-refractivity contribution in [2.75, 3.05) is 12.5 Å². The summed E-state index contributed by atoms with van der Waals surface area (Å²) in [6, 6.07) is 2.22. The standard InChI is InChI=1S/C16H18N6S2/c1-17-6-11-8-23-14(21-11)7-20-22-15-12-5-13(10-3-2-4-10)24-16(12)19-9-18-15/h5,7-10,17H,2-4,6H2,1H3,(H,18,19,22). The van der Waals surface area contributed by atoms with Crippen LogP contribution in [0.5, 0.6) is 0 Å². The van der Waals surface area contributed by atoms with Gasteiger partial charge in [0.25, 0.3) is 0 Å². The molecule has 1 saturated carbocycles. The van der Waals surface area contributed by atoms with E-state index in [2.05, 4.69) is 36.9 Å². The Morgan fingerprint density at radius 3 is 3.08 bits per heavy atom. The van der Waals surface area contributed by atoms with Gasteiger partial charge < -0.3 is 5.32 Å². The molecule has 1 fully saturated rings. The molecular weight excluding hydrogens is 340 g/mol. The third-order valence-corrected chi connectivity index (χ3v) is 6.16. The lowest BCUT2D eigenvalue weighted by atomic mass is 9.84. The van der Waals surface area contributed by atoms with Crippen LogP contribution in [0.2, 0.25) is 0 Å². The van der Waals surface area contributed by atoms with Crippen LogP contribution in [0.1, 0.15) is 40.8 Å². The molecule has 0 bridgehead atoms. The molecule has 0 aliphatic heterocycles. The van der Waals surface area contributed by atoms with E-state index >= 15 is 0 Å². The zero-order chi connectivity index (χ0) is 16.4. The van der Waals surface area contributed by atoms with E-state index < -0.39 is 0 Å². The highest BCUT2D eigenvalue weighted by Crippen LogP contribution is 2.42. The highest BCUT2D eigenvalue weighted by atomic mass is 32.1. The minimum absolute atomic E-state index is 0.710. The van der Waals surface area contributed by atoms with Gasteiger partial charge in [0.15, 0.2) is 5.82 Å². The number of fused-ring (bicyclic) bond motifs is 1. The Kier molecular flexibility index (Phi) is 4.50. The fourth-order valence-corrected chi connectivity index (χ4v) is 4.49. The number of hydrogen-bond donors (Lipinski definition) is 2. The maximum atomic E-state index is 4.48. The summed E-state index contributed by atoms with van der Waals surface area (Å²) >= 11 is 3.35. The molecule has 0 spiro atoms. The molecule has 3 aromatic rings. The van der Waals surface area contributed by atoms with E-state index in [0.29, 0.717) is 5.92 Å². The molecule has 0 unspecified atom stereocenters. The van der Waals surface area contributed by atoms with E-state index in [1.807, 2.05) is 12.4 Å². The maximum absolute atomic E-state index is 4.48. The molecule has 0 radical (unpaired) electrons. The summed E-state index contributed by atoms with van der Waals surface area (Å²) in [5.74, 6) is 1.46. The summed E-state index contributed by atoms with van der Waals surface area (Å²) in [6.45, 7) is 0.767. The summed E-state index contributed by atoms with van der Waals surface area (Å²) < 4.78 is 0. The van der Waals surface area contributed by atoms with Crippen LogP contribution in [0.4, 0.5) is 5.82 Å². The van der Waals surface area contributed by atoms with Gasteiger partial charge in [-0.25, -0.2) is 15.0 Å². The Balaban J connectivity index is 1.50. The molecule has 1 aliphatic rings. The van der Waals surface area contributed by atoms with Crippen LogP contribution in [0.25, 0.3) is 10.2 Å². The predicted molar refractivity (Wildman–Crippen MR) is 100 cm³/mol. The van der Waals surface area contributed by atoms with Crippen molar-refractivity contribution in [3.05, 3.63) is 33.4 Å². The Morgan fingerprint density at radius 2 is 2.29 bits per heavy atom. The van der Waals surface area contributed by atoms with Crippen molar-refractivity contribution in [2.45, 2.75) is 31.7 Å². The van der Waals surface area contributed by atoms with Crippen molar-refractivity contribution in [3.63, 3.8) is 0 Å². The lowest BCUT2D eigenvalue weighted by Crippen LogP contribution is -2.06. The summed E-state index contributed by atoms with van der Waals surface area (Å²) in [4.78, 5) is 15.6. The SMILES string of the molecule is CNCc1csc(C=NNc2ncnc3sc(C4CCC4)cc23)n1. The number of hydrazone groups is 1. The number of hydrogen-bond acceptors (Lipinski definition) is 8. The van der Waals surface area contributed by atoms with Gasteiger partial charge in [-0.1, -0.05) is 6.42 Å². The smallest absolute Gasteiger partial charge is 0.158 e. The van der Waals surface area contributed by atoms with Crippen molar-refractivity contribution < 1.29 is 0 Å². The number of nitrogens with one attached hydrogen (secondary N) is 2. The van der Waals surface area contributed by atoms with Crippen LogP contribution in [-0.4, -0.2) is 28.2 Å². The largest absolute Gasteiger partial charge is 0.314 e. The van der Waals surface area contributed by atoms with Crippen LogP contribution in [0.3, 0.4) is 0 Å². The number of anilines is 1. The van der Waals surface area contributed by atoms with E-state index in [9.17, 15) is 0 Å². The molecule has 3 heterocycles. The molecule has 124 valence electrons. The second kappa shape index (κ2) is 6.92. The molecular formula is C16H18N6S2. The van der Waals surface area contributed by atoms with Crippen LogP contribution in [-0.2, 0) is 6.54 Å². The molecule has 0 atom stereocenters. The Bertz CT molecular complexity index is 864. The van der Waals surface area contributed by atoms with Crippen molar-refractivity contribution >= 4 is 44.9 Å². The normalized spacial score (nSPS) is 15.2. The highest BCUT2D eigenvalue weighted by Gasteiger charge is 2.22. The Labute approximate surface area is 148 Å². The minimum atomic E-state index is 0.710. The van der Waals surface area contributed by atoms with Crippen LogP contribution >= 0.6 is 22.7 Å². The van der Waals surface area contributed by atoms with Crippen molar-refractivity contribution in [1.29, 1.82) is 0 Å². The van der Waals surface area contributed by atoms with E-state index in [0.717, 1.165) is 33.3 Å². The van der Waals surface area contributed by atoms with Crippen molar-refractivity contribution in [3.8, 4) is 0 Å². The topological polar surface area (TPSA) is 75.1 Å². The Hall–Kier alpha value is -1.90. The van der Waals surface area contributed by atoms with Gasteiger partial charge in [0.05, 0.1) is 17.3 Å². The molecule has 0 saturated heterocycles. The quantitative estimate of drug-likeness (QED) is 0.520. The number of nitrogens with zero attached hydrogens (tertiary/aromatic N) is 4. The van der Waals surface area contributed by atoms with Gasteiger partial charge in [-0.3, -0.25) is 5.43 Å². The van der Waals surface area contributed by atoms with Gasteiger partial charge in [0, 0.05) is 16.8 Å². The van der Waals surface area contributed by atoms with Gasteiger partial charge in [-0.2, -0.15) is 5.10 Å². The molecule has 8 heteroatoms. The molecule has 4 rings (SSSR count). The average molecular weight is 358 g/mol. The number of rotatable bonds is 6. The number of thiazole rings is 1. The zero-order valence-corrected chi connectivity index (χ0v) is 15.0. The van der Waals surface area contributed by atoms with E-state index in [4.69, 9.17) is 0 Å². The van der Waals surface area contributed by atoms with Gasteiger partial charge in [-0.15, -0.1) is 22.7 Å².